The first-order valence-corrected chi connectivity index (χ1v) is 7.35. The topological polar surface area (TPSA) is 59.1 Å². The molecule has 1 fully saturated rings. The minimum Gasteiger partial charge on any atom is -0.454 e. The van der Waals surface area contributed by atoms with E-state index in [1.54, 1.807) is 23.1 Å². The number of ether oxygens (including phenoxy) is 2. The maximum absolute atomic E-state index is 12.6. The van der Waals surface area contributed by atoms with E-state index < -0.39 is 0 Å². The molecule has 0 radical (unpaired) electrons. The van der Waals surface area contributed by atoms with Crippen molar-refractivity contribution in [1.82, 2.24) is 9.80 Å². The van der Waals surface area contributed by atoms with Crippen LogP contribution < -0.4 is 9.47 Å². The molecule has 1 aromatic carbocycles. The normalized spacial score (nSPS) is 17.9. The minimum absolute atomic E-state index is 0.0205. The molecule has 2 aliphatic rings. The van der Waals surface area contributed by atoms with Gasteiger partial charge in [0.25, 0.3) is 5.91 Å². The minimum atomic E-state index is -0.217. The molecule has 0 aliphatic carbocycles. The van der Waals surface area contributed by atoms with E-state index in [0.29, 0.717) is 30.2 Å². The number of nitrogens with zero attached hydrogens (tertiary/aromatic N) is 2. The van der Waals surface area contributed by atoms with Crippen LogP contribution in [0.5, 0.6) is 11.5 Å². The molecule has 2 heterocycles. The van der Waals surface area contributed by atoms with Crippen LogP contribution in [0, 0.1) is 0 Å². The van der Waals surface area contributed by atoms with Gasteiger partial charge in [-0.05, 0) is 39.0 Å². The molecule has 3 rings (SSSR count). The summed E-state index contributed by atoms with van der Waals surface area (Å²) >= 11 is 0. The molecular formula is C16H20N2O4. The number of fused-ring (bicyclic) bond motifs is 1. The summed E-state index contributed by atoms with van der Waals surface area (Å²) in [4.78, 5) is 28.2. The van der Waals surface area contributed by atoms with Crippen LogP contribution >= 0.6 is 0 Å². The van der Waals surface area contributed by atoms with E-state index in [1.165, 1.54) is 0 Å². The number of hydrogen-bond acceptors (Lipinski definition) is 4. The van der Waals surface area contributed by atoms with Gasteiger partial charge in [-0.3, -0.25) is 9.59 Å². The van der Waals surface area contributed by atoms with E-state index in [9.17, 15) is 9.59 Å². The van der Waals surface area contributed by atoms with E-state index >= 15 is 0 Å². The number of benzene rings is 1. The highest BCUT2D eigenvalue weighted by Gasteiger charge is 2.33. The van der Waals surface area contributed by atoms with Crippen molar-refractivity contribution in [3.8, 4) is 11.5 Å². The van der Waals surface area contributed by atoms with Gasteiger partial charge in [-0.2, -0.15) is 0 Å². The highest BCUT2D eigenvalue weighted by molar-refractivity contribution is 5.97. The second-order valence-electron chi connectivity index (χ2n) is 6.51. The Morgan fingerprint density at radius 1 is 1.14 bits per heavy atom. The summed E-state index contributed by atoms with van der Waals surface area (Å²) in [6.45, 7) is 7.38. The molecule has 0 aromatic heterocycles. The second-order valence-corrected chi connectivity index (χ2v) is 6.51. The summed E-state index contributed by atoms with van der Waals surface area (Å²) in [5.74, 6) is 1.05. The Morgan fingerprint density at radius 2 is 1.86 bits per heavy atom. The number of piperazine rings is 1. The third kappa shape index (κ3) is 2.61. The van der Waals surface area contributed by atoms with Crippen LogP contribution in [0.1, 0.15) is 31.1 Å². The fraction of sp³-hybridized carbons (Fsp3) is 0.500. The highest BCUT2D eigenvalue weighted by atomic mass is 16.7. The van der Waals surface area contributed by atoms with Crippen LogP contribution in [0.15, 0.2) is 18.2 Å². The third-order valence-corrected chi connectivity index (χ3v) is 3.94. The molecule has 22 heavy (non-hydrogen) atoms. The fourth-order valence-electron chi connectivity index (χ4n) is 2.77. The zero-order valence-corrected chi connectivity index (χ0v) is 13.1. The van der Waals surface area contributed by atoms with Gasteiger partial charge in [-0.25, -0.2) is 0 Å². The summed E-state index contributed by atoms with van der Waals surface area (Å²) in [6, 6.07) is 5.10. The van der Waals surface area contributed by atoms with Crippen molar-refractivity contribution in [1.29, 1.82) is 0 Å². The molecule has 1 aromatic rings. The lowest BCUT2D eigenvalue weighted by atomic mass is 10.0. The lowest BCUT2D eigenvalue weighted by Gasteiger charge is -2.42. The average Bonchev–Trinajstić information content (AvgIpc) is 2.92. The fourth-order valence-corrected chi connectivity index (χ4v) is 2.77. The van der Waals surface area contributed by atoms with Crippen LogP contribution in [-0.4, -0.2) is 53.6 Å². The van der Waals surface area contributed by atoms with Gasteiger partial charge in [0.2, 0.25) is 12.7 Å². The molecule has 0 unspecified atom stereocenters. The highest BCUT2D eigenvalue weighted by Crippen LogP contribution is 2.33. The molecular weight excluding hydrogens is 284 g/mol. The molecule has 6 nitrogen and oxygen atoms in total. The van der Waals surface area contributed by atoms with E-state index in [2.05, 4.69) is 0 Å². The summed E-state index contributed by atoms with van der Waals surface area (Å²) in [6.07, 6.45) is 0. The molecule has 2 aliphatic heterocycles. The predicted octanol–water partition coefficient (Wildman–Crippen LogP) is 1.50. The molecule has 0 spiro atoms. The Balaban J connectivity index is 1.73. The molecule has 0 bridgehead atoms. The maximum atomic E-state index is 12.6. The van der Waals surface area contributed by atoms with Crippen LogP contribution in [0.3, 0.4) is 0 Å². The van der Waals surface area contributed by atoms with Crippen LogP contribution in [0.25, 0.3) is 0 Å². The van der Waals surface area contributed by atoms with E-state index in [-0.39, 0.29) is 30.7 Å². The number of amides is 2. The van der Waals surface area contributed by atoms with E-state index in [1.807, 2.05) is 25.7 Å². The third-order valence-electron chi connectivity index (χ3n) is 3.94. The lowest BCUT2D eigenvalue weighted by Crippen LogP contribution is -2.58. The Hall–Kier alpha value is -2.24. The van der Waals surface area contributed by atoms with Crippen molar-refractivity contribution in [2.75, 3.05) is 26.4 Å². The molecule has 118 valence electrons. The lowest BCUT2D eigenvalue weighted by molar-refractivity contribution is -0.140. The van der Waals surface area contributed by atoms with Crippen molar-refractivity contribution in [3.05, 3.63) is 23.8 Å². The van der Waals surface area contributed by atoms with Crippen LogP contribution in [-0.2, 0) is 4.79 Å². The Bertz CT molecular complexity index is 621. The standard InChI is InChI=1S/C16H20N2O4/c1-16(2,3)18-7-6-17(9-14(18)19)15(20)11-4-5-12-13(8-11)22-10-21-12/h4-5,8H,6-7,9-10H2,1-3H3. The molecule has 2 amide bonds. The number of carbonyl (C=O) groups excluding carboxylic acids is 2. The van der Waals surface area contributed by atoms with Crippen molar-refractivity contribution >= 4 is 11.8 Å². The van der Waals surface area contributed by atoms with Gasteiger partial charge < -0.3 is 19.3 Å². The zero-order valence-electron chi connectivity index (χ0n) is 13.1. The Morgan fingerprint density at radius 3 is 2.55 bits per heavy atom. The van der Waals surface area contributed by atoms with Crippen molar-refractivity contribution in [2.24, 2.45) is 0 Å². The quantitative estimate of drug-likeness (QED) is 0.789. The van der Waals surface area contributed by atoms with Crippen LogP contribution in [0.4, 0.5) is 0 Å². The van der Waals surface area contributed by atoms with Gasteiger partial charge in [0.05, 0.1) is 0 Å². The molecule has 0 atom stereocenters. The first-order valence-electron chi connectivity index (χ1n) is 7.35. The smallest absolute Gasteiger partial charge is 0.254 e. The van der Waals surface area contributed by atoms with Crippen molar-refractivity contribution < 1.29 is 19.1 Å². The first-order chi connectivity index (χ1) is 10.4. The summed E-state index contributed by atoms with van der Waals surface area (Å²) < 4.78 is 10.5. The SMILES string of the molecule is CC(C)(C)N1CCN(C(=O)c2ccc3c(c2)OCO3)CC1=O. The number of rotatable bonds is 1. The predicted molar refractivity (Wildman–Crippen MR) is 79.9 cm³/mol. The van der Waals surface area contributed by atoms with E-state index in [0.717, 1.165) is 0 Å². The Kier molecular flexibility index (Phi) is 3.47. The monoisotopic (exact) mass is 304 g/mol. The maximum Gasteiger partial charge on any atom is 0.254 e. The summed E-state index contributed by atoms with van der Waals surface area (Å²) in [5.41, 5.74) is 0.298. The molecule has 0 N–H and O–H groups in total. The van der Waals surface area contributed by atoms with Gasteiger partial charge in [0.1, 0.15) is 6.54 Å². The van der Waals surface area contributed by atoms with Gasteiger partial charge in [-0.15, -0.1) is 0 Å². The summed E-state index contributed by atoms with van der Waals surface area (Å²) in [7, 11) is 0. The summed E-state index contributed by atoms with van der Waals surface area (Å²) in [5, 5.41) is 0. The van der Waals surface area contributed by atoms with Gasteiger partial charge >= 0.3 is 0 Å². The van der Waals surface area contributed by atoms with Crippen molar-refractivity contribution in [2.45, 2.75) is 26.3 Å². The number of hydrogen-bond donors (Lipinski definition) is 0. The average molecular weight is 304 g/mol. The first kappa shape index (κ1) is 14.7. The van der Waals surface area contributed by atoms with E-state index in [4.69, 9.17) is 9.47 Å². The van der Waals surface area contributed by atoms with Crippen molar-refractivity contribution in [3.63, 3.8) is 0 Å². The largest absolute Gasteiger partial charge is 0.454 e. The van der Waals surface area contributed by atoms with Crippen LogP contribution in [0.2, 0.25) is 0 Å². The molecule has 1 saturated heterocycles. The second kappa shape index (κ2) is 5.19. The molecule has 6 heteroatoms. The Labute approximate surface area is 129 Å². The molecule has 0 saturated carbocycles. The number of carbonyl (C=O) groups is 2. The van der Waals surface area contributed by atoms with Gasteiger partial charge in [0.15, 0.2) is 11.5 Å². The van der Waals surface area contributed by atoms with Gasteiger partial charge in [0, 0.05) is 24.2 Å². The van der Waals surface area contributed by atoms with Gasteiger partial charge in [-0.1, -0.05) is 0 Å². The zero-order chi connectivity index (χ0) is 15.9.